The van der Waals surface area contributed by atoms with E-state index in [0.29, 0.717) is 5.69 Å². The molecule has 0 saturated carbocycles. The standard InChI is InChI=1S/C14H14FNO2/c1-9-5-14(12(15)7-13(9)16)18-8-10-3-2-4-11(17)6-10/h2-7,17H,8,16H2,1H3. The van der Waals surface area contributed by atoms with Gasteiger partial charge in [-0.2, -0.15) is 0 Å². The van der Waals surface area contributed by atoms with Gasteiger partial charge in [0.15, 0.2) is 11.6 Å². The first-order chi connectivity index (χ1) is 8.56. The molecule has 4 heteroatoms. The first-order valence-corrected chi connectivity index (χ1v) is 5.52. The molecule has 0 fully saturated rings. The fraction of sp³-hybridized carbons (Fsp3) is 0.143. The molecular formula is C14H14FNO2. The fourth-order valence-corrected chi connectivity index (χ4v) is 1.59. The van der Waals surface area contributed by atoms with Gasteiger partial charge in [0.25, 0.3) is 0 Å². The maximum Gasteiger partial charge on any atom is 0.167 e. The van der Waals surface area contributed by atoms with Crippen molar-refractivity contribution < 1.29 is 14.2 Å². The summed E-state index contributed by atoms with van der Waals surface area (Å²) >= 11 is 0. The third-order valence-electron chi connectivity index (χ3n) is 2.63. The largest absolute Gasteiger partial charge is 0.508 e. The molecule has 0 bridgehead atoms. The average Bonchev–Trinajstić information content (AvgIpc) is 2.32. The molecule has 0 aliphatic rings. The molecule has 0 radical (unpaired) electrons. The lowest BCUT2D eigenvalue weighted by molar-refractivity contribution is 0.289. The highest BCUT2D eigenvalue weighted by atomic mass is 19.1. The molecule has 3 N–H and O–H groups in total. The maximum atomic E-state index is 13.6. The van der Waals surface area contributed by atoms with E-state index >= 15 is 0 Å². The van der Waals surface area contributed by atoms with E-state index in [2.05, 4.69) is 0 Å². The van der Waals surface area contributed by atoms with E-state index in [9.17, 15) is 9.50 Å². The van der Waals surface area contributed by atoms with E-state index in [1.54, 1.807) is 37.3 Å². The number of phenolic OH excluding ortho intramolecular Hbond substituents is 1. The van der Waals surface area contributed by atoms with Crippen molar-refractivity contribution in [2.45, 2.75) is 13.5 Å². The number of anilines is 1. The molecule has 0 aromatic heterocycles. The van der Waals surface area contributed by atoms with E-state index in [-0.39, 0.29) is 18.1 Å². The number of phenols is 1. The lowest BCUT2D eigenvalue weighted by Gasteiger charge is -2.09. The summed E-state index contributed by atoms with van der Waals surface area (Å²) in [7, 11) is 0. The van der Waals surface area contributed by atoms with Gasteiger partial charge < -0.3 is 15.6 Å². The number of ether oxygens (including phenoxy) is 1. The topological polar surface area (TPSA) is 55.5 Å². The molecule has 3 nitrogen and oxygen atoms in total. The van der Waals surface area contributed by atoms with Gasteiger partial charge in [0.05, 0.1) is 0 Å². The molecule has 0 spiro atoms. The molecule has 0 unspecified atom stereocenters. The third kappa shape index (κ3) is 2.71. The normalized spacial score (nSPS) is 10.3. The number of nitrogen functional groups attached to an aromatic ring is 1. The highest BCUT2D eigenvalue weighted by molar-refractivity contribution is 5.50. The van der Waals surface area contributed by atoms with Crippen LogP contribution >= 0.6 is 0 Å². The van der Waals surface area contributed by atoms with Crippen molar-refractivity contribution in [3.63, 3.8) is 0 Å². The summed E-state index contributed by atoms with van der Waals surface area (Å²) in [6, 6.07) is 9.44. The maximum absolute atomic E-state index is 13.6. The van der Waals surface area contributed by atoms with Crippen LogP contribution in [0.15, 0.2) is 36.4 Å². The van der Waals surface area contributed by atoms with Crippen molar-refractivity contribution in [2.75, 3.05) is 5.73 Å². The van der Waals surface area contributed by atoms with E-state index in [4.69, 9.17) is 10.5 Å². The number of hydrogen-bond acceptors (Lipinski definition) is 3. The molecule has 0 aliphatic heterocycles. The Morgan fingerprint density at radius 3 is 2.78 bits per heavy atom. The summed E-state index contributed by atoms with van der Waals surface area (Å²) in [5.41, 5.74) is 7.52. The number of aromatic hydroxyl groups is 1. The monoisotopic (exact) mass is 247 g/mol. The summed E-state index contributed by atoms with van der Waals surface area (Å²) < 4.78 is 18.9. The summed E-state index contributed by atoms with van der Waals surface area (Å²) in [5, 5.41) is 9.30. The lowest BCUT2D eigenvalue weighted by atomic mass is 10.2. The molecule has 94 valence electrons. The van der Waals surface area contributed by atoms with Crippen molar-refractivity contribution in [1.82, 2.24) is 0 Å². The number of halogens is 1. The van der Waals surface area contributed by atoms with Crippen LogP contribution in [0.3, 0.4) is 0 Å². The second kappa shape index (κ2) is 4.96. The van der Waals surface area contributed by atoms with Crippen LogP contribution in [0, 0.1) is 12.7 Å². The lowest BCUT2D eigenvalue weighted by Crippen LogP contribution is -1.99. The van der Waals surface area contributed by atoms with Gasteiger partial charge in [0.1, 0.15) is 12.4 Å². The highest BCUT2D eigenvalue weighted by Gasteiger charge is 2.07. The van der Waals surface area contributed by atoms with E-state index in [1.165, 1.54) is 6.07 Å². The van der Waals surface area contributed by atoms with Crippen LogP contribution < -0.4 is 10.5 Å². The second-order valence-electron chi connectivity index (χ2n) is 4.10. The molecule has 0 heterocycles. The Labute approximate surface area is 105 Å². The zero-order chi connectivity index (χ0) is 13.1. The predicted octanol–water partition coefficient (Wildman–Crippen LogP) is 3.00. The Balaban J connectivity index is 2.13. The molecular weight excluding hydrogens is 233 g/mol. The fourth-order valence-electron chi connectivity index (χ4n) is 1.59. The van der Waals surface area contributed by atoms with Crippen molar-refractivity contribution in [1.29, 1.82) is 0 Å². The SMILES string of the molecule is Cc1cc(OCc2cccc(O)c2)c(F)cc1N. The smallest absolute Gasteiger partial charge is 0.167 e. The summed E-state index contributed by atoms with van der Waals surface area (Å²) in [6.07, 6.45) is 0. The van der Waals surface area contributed by atoms with Crippen LogP contribution in [-0.2, 0) is 6.61 Å². The quantitative estimate of drug-likeness (QED) is 0.820. The van der Waals surface area contributed by atoms with Crippen molar-refractivity contribution in [3.8, 4) is 11.5 Å². The van der Waals surface area contributed by atoms with Gasteiger partial charge in [-0.25, -0.2) is 4.39 Å². The Morgan fingerprint density at radius 1 is 1.28 bits per heavy atom. The van der Waals surface area contributed by atoms with Crippen LogP contribution in [0.4, 0.5) is 10.1 Å². The molecule has 2 aromatic carbocycles. The van der Waals surface area contributed by atoms with Crippen molar-refractivity contribution in [2.24, 2.45) is 0 Å². The Morgan fingerprint density at radius 2 is 2.06 bits per heavy atom. The number of benzene rings is 2. The minimum absolute atomic E-state index is 0.157. The second-order valence-corrected chi connectivity index (χ2v) is 4.10. The molecule has 2 rings (SSSR count). The summed E-state index contributed by atoms with van der Waals surface area (Å²) in [6.45, 7) is 1.98. The highest BCUT2D eigenvalue weighted by Crippen LogP contribution is 2.24. The van der Waals surface area contributed by atoms with E-state index in [0.717, 1.165) is 11.1 Å². The van der Waals surface area contributed by atoms with Crippen LogP contribution in [0.2, 0.25) is 0 Å². The molecule has 0 aliphatic carbocycles. The van der Waals surface area contributed by atoms with Crippen molar-refractivity contribution >= 4 is 5.69 Å². The third-order valence-corrected chi connectivity index (χ3v) is 2.63. The molecule has 0 amide bonds. The Kier molecular flexibility index (Phi) is 3.37. The molecule has 18 heavy (non-hydrogen) atoms. The number of aryl methyl sites for hydroxylation is 1. The van der Waals surface area contributed by atoms with Crippen molar-refractivity contribution in [3.05, 3.63) is 53.3 Å². The first kappa shape index (κ1) is 12.2. The number of rotatable bonds is 3. The molecule has 0 atom stereocenters. The first-order valence-electron chi connectivity index (χ1n) is 5.52. The molecule has 0 saturated heterocycles. The Bertz CT molecular complexity index is 570. The van der Waals surface area contributed by atoms with E-state index < -0.39 is 5.82 Å². The van der Waals surface area contributed by atoms with Gasteiger partial charge in [-0.3, -0.25) is 0 Å². The average molecular weight is 247 g/mol. The van der Waals surface area contributed by atoms with Gasteiger partial charge in [-0.1, -0.05) is 12.1 Å². The number of nitrogens with two attached hydrogens (primary N) is 1. The summed E-state index contributed by atoms with van der Waals surface area (Å²) in [4.78, 5) is 0. The summed E-state index contributed by atoms with van der Waals surface area (Å²) in [5.74, 6) is -0.173. The van der Waals surface area contributed by atoms with Crippen LogP contribution in [0.5, 0.6) is 11.5 Å². The van der Waals surface area contributed by atoms with Gasteiger partial charge in [-0.15, -0.1) is 0 Å². The zero-order valence-corrected chi connectivity index (χ0v) is 9.98. The van der Waals surface area contributed by atoms with Crippen LogP contribution in [-0.4, -0.2) is 5.11 Å². The van der Waals surface area contributed by atoms with Crippen LogP contribution in [0.1, 0.15) is 11.1 Å². The van der Waals surface area contributed by atoms with Gasteiger partial charge >= 0.3 is 0 Å². The predicted molar refractivity (Wildman–Crippen MR) is 68.0 cm³/mol. The number of hydrogen-bond donors (Lipinski definition) is 2. The Hall–Kier alpha value is -2.23. The zero-order valence-electron chi connectivity index (χ0n) is 9.98. The van der Waals surface area contributed by atoms with Gasteiger partial charge in [-0.05, 0) is 36.2 Å². The van der Waals surface area contributed by atoms with E-state index in [1.807, 2.05) is 0 Å². The molecule has 2 aromatic rings. The van der Waals surface area contributed by atoms with Gasteiger partial charge in [0, 0.05) is 11.8 Å². The minimum atomic E-state index is -0.488. The van der Waals surface area contributed by atoms with Gasteiger partial charge in [0.2, 0.25) is 0 Å². The minimum Gasteiger partial charge on any atom is -0.508 e. The van der Waals surface area contributed by atoms with Crippen LogP contribution in [0.25, 0.3) is 0 Å².